The van der Waals surface area contributed by atoms with Crippen molar-refractivity contribution in [3.8, 4) is 11.4 Å². The van der Waals surface area contributed by atoms with Crippen LogP contribution in [-0.4, -0.2) is 29.4 Å². The van der Waals surface area contributed by atoms with Gasteiger partial charge in [0.15, 0.2) is 11.5 Å². The number of allylic oxidation sites excluding steroid dienone is 1. The summed E-state index contributed by atoms with van der Waals surface area (Å²) >= 11 is 0. The Morgan fingerprint density at radius 1 is 1.00 bits per heavy atom. The van der Waals surface area contributed by atoms with E-state index in [1.807, 2.05) is 72.4 Å². The third-order valence-corrected chi connectivity index (χ3v) is 8.10. The molecule has 4 aromatic carbocycles. The Balaban J connectivity index is 1.44. The largest absolute Gasteiger partial charge is 0.488 e. The number of anilines is 1. The van der Waals surface area contributed by atoms with Crippen LogP contribution in [0.25, 0.3) is 38.8 Å². The van der Waals surface area contributed by atoms with E-state index in [0.717, 1.165) is 79.5 Å². The molecule has 0 amide bonds. The second-order valence-corrected chi connectivity index (χ2v) is 12.2. The monoisotopic (exact) mass is 576 g/mol. The molecule has 0 saturated heterocycles. The smallest absolute Gasteiger partial charge is 0.229 e. The average molecular weight is 577 g/mol. The highest BCUT2D eigenvalue weighted by atomic mass is 32.2. The van der Waals surface area contributed by atoms with Gasteiger partial charge in [-0.15, -0.1) is 0 Å². The fourth-order valence-electron chi connectivity index (χ4n) is 5.77. The second-order valence-electron chi connectivity index (χ2n) is 10.5. The number of oxazole rings is 1. The van der Waals surface area contributed by atoms with E-state index in [9.17, 15) is 8.42 Å². The highest BCUT2D eigenvalue weighted by Gasteiger charge is 2.24. The molecule has 0 saturated carbocycles. The molecule has 7 rings (SSSR count). The molecule has 0 bridgehead atoms. The number of benzene rings is 4. The molecule has 0 atom stereocenters. The molecular formula is C33H28N4O4S. The van der Waals surface area contributed by atoms with Crippen LogP contribution in [0.1, 0.15) is 41.5 Å². The van der Waals surface area contributed by atoms with E-state index < -0.39 is 10.0 Å². The van der Waals surface area contributed by atoms with Crippen molar-refractivity contribution < 1.29 is 17.6 Å². The fraction of sp³-hybridized carbons (Fsp3) is 0.152. The van der Waals surface area contributed by atoms with Crippen LogP contribution in [-0.2, 0) is 16.6 Å². The van der Waals surface area contributed by atoms with Gasteiger partial charge in [-0.1, -0.05) is 37.3 Å². The molecule has 0 spiro atoms. The van der Waals surface area contributed by atoms with E-state index in [0.29, 0.717) is 18.2 Å². The van der Waals surface area contributed by atoms with Crippen molar-refractivity contribution in [2.24, 2.45) is 0 Å². The summed E-state index contributed by atoms with van der Waals surface area (Å²) in [5.41, 5.74) is 10.1. The molecule has 1 aliphatic heterocycles. The number of aromatic nitrogens is 3. The maximum atomic E-state index is 12.0. The molecular weight excluding hydrogens is 548 g/mol. The van der Waals surface area contributed by atoms with Crippen LogP contribution in [0.5, 0.6) is 5.75 Å². The van der Waals surface area contributed by atoms with Crippen molar-refractivity contribution >= 4 is 48.9 Å². The number of ether oxygens (including phenoxy) is 1. The van der Waals surface area contributed by atoms with Crippen molar-refractivity contribution in [1.29, 1.82) is 0 Å². The Labute approximate surface area is 243 Å². The minimum absolute atomic E-state index is 0.394. The zero-order chi connectivity index (χ0) is 29.0. The van der Waals surface area contributed by atoms with Gasteiger partial charge in [0.05, 0.1) is 23.7 Å². The number of para-hydroxylation sites is 1. The first-order chi connectivity index (χ1) is 20.3. The van der Waals surface area contributed by atoms with Gasteiger partial charge in [0.25, 0.3) is 0 Å². The predicted octanol–water partition coefficient (Wildman–Crippen LogP) is 7.11. The van der Waals surface area contributed by atoms with Gasteiger partial charge < -0.3 is 9.15 Å². The summed E-state index contributed by atoms with van der Waals surface area (Å²) in [6, 6.07) is 25.8. The standard InChI is InChI=1S/C33H28N4O4S/c1-4-26(21-8-7-9-24(14-21)36-42(3,38)39)33-27-10-5-6-11-31(27)40-19-23-16-30-22(15-28(23)33)18-34-37(30)25-12-13-32-29(17-25)35-20(2)41-32/h5-18,36H,4,19H2,1-3H3/b33-26+. The van der Waals surface area contributed by atoms with E-state index in [1.165, 1.54) is 0 Å². The van der Waals surface area contributed by atoms with Crippen LogP contribution in [0.2, 0.25) is 0 Å². The normalized spacial score (nSPS) is 14.3. The lowest BCUT2D eigenvalue weighted by Gasteiger charge is -2.18. The first-order valence-electron chi connectivity index (χ1n) is 13.7. The van der Waals surface area contributed by atoms with Gasteiger partial charge in [-0.3, -0.25) is 4.72 Å². The van der Waals surface area contributed by atoms with Crippen molar-refractivity contribution in [3.63, 3.8) is 0 Å². The van der Waals surface area contributed by atoms with Crippen LogP contribution < -0.4 is 9.46 Å². The first kappa shape index (κ1) is 26.0. The number of hydrogen-bond acceptors (Lipinski definition) is 6. The molecule has 6 aromatic rings. The van der Waals surface area contributed by atoms with E-state index in [-0.39, 0.29) is 0 Å². The SMILES string of the molecule is CC/C(=C1\c2cc3cnn(-c4ccc5oc(C)nc5c4)c3cc2COc2ccccc21)c1cccc(NS(C)(=O)=O)c1. The molecule has 9 heteroatoms. The summed E-state index contributed by atoms with van der Waals surface area (Å²) in [5.74, 6) is 1.43. The maximum Gasteiger partial charge on any atom is 0.229 e. The summed E-state index contributed by atoms with van der Waals surface area (Å²) < 4.78 is 40.5. The van der Waals surface area contributed by atoms with E-state index in [4.69, 9.17) is 14.3 Å². The van der Waals surface area contributed by atoms with Gasteiger partial charge >= 0.3 is 0 Å². The Morgan fingerprint density at radius 3 is 2.69 bits per heavy atom. The molecule has 3 heterocycles. The highest BCUT2D eigenvalue weighted by molar-refractivity contribution is 7.92. The Bertz CT molecular complexity index is 2160. The topological polar surface area (TPSA) is 99.2 Å². The number of sulfonamides is 1. The second kappa shape index (κ2) is 9.88. The van der Waals surface area contributed by atoms with Gasteiger partial charge in [-0.25, -0.2) is 18.1 Å². The maximum absolute atomic E-state index is 12.0. The van der Waals surface area contributed by atoms with Gasteiger partial charge in [0, 0.05) is 23.6 Å². The lowest BCUT2D eigenvalue weighted by Crippen LogP contribution is -2.09. The molecule has 1 N–H and O–H groups in total. The zero-order valence-electron chi connectivity index (χ0n) is 23.4. The van der Waals surface area contributed by atoms with Crippen LogP contribution in [0, 0.1) is 6.92 Å². The summed E-state index contributed by atoms with van der Waals surface area (Å²) in [6.07, 6.45) is 3.76. The number of rotatable bonds is 5. The molecule has 2 aromatic heterocycles. The van der Waals surface area contributed by atoms with Gasteiger partial charge in [0.2, 0.25) is 10.0 Å². The number of fused-ring (bicyclic) bond motifs is 4. The van der Waals surface area contributed by atoms with Crippen LogP contribution in [0.3, 0.4) is 0 Å². The highest BCUT2D eigenvalue weighted by Crippen LogP contribution is 2.43. The van der Waals surface area contributed by atoms with Crippen LogP contribution in [0.4, 0.5) is 5.69 Å². The Morgan fingerprint density at radius 2 is 1.86 bits per heavy atom. The summed E-state index contributed by atoms with van der Waals surface area (Å²) in [5, 5.41) is 5.74. The van der Waals surface area contributed by atoms with Gasteiger partial charge in [0.1, 0.15) is 17.9 Å². The lowest BCUT2D eigenvalue weighted by atomic mass is 9.86. The number of hydrogen-bond donors (Lipinski definition) is 1. The number of nitrogens with zero attached hydrogens (tertiary/aromatic N) is 3. The number of nitrogens with one attached hydrogen (secondary N) is 1. The quantitative estimate of drug-likeness (QED) is 0.235. The summed E-state index contributed by atoms with van der Waals surface area (Å²) in [6.45, 7) is 4.35. The molecule has 42 heavy (non-hydrogen) atoms. The van der Waals surface area contributed by atoms with Crippen LogP contribution >= 0.6 is 0 Å². The summed E-state index contributed by atoms with van der Waals surface area (Å²) in [4.78, 5) is 4.49. The number of aryl methyl sites for hydroxylation is 1. The van der Waals surface area contributed by atoms with Crippen molar-refractivity contribution in [2.75, 3.05) is 11.0 Å². The minimum Gasteiger partial charge on any atom is -0.488 e. The molecule has 0 radical (unpaired) electrons. The molecule has 0 aliphatic carbocycles. The Kier molecular flexibility index (Phi) is 6.13. The van der Waals surface area contributed by atoms with Crippen molar-refractivity contribution in [3.05, 3.63) is 113 Å². The Hall–Kier alpha value is -4.89. The van der Waals surface area contributed by atoms with E-state index >= 15 is 0 Å². The first-order valence-corrected chi connectivity index (χ1v) is 15.6. The van der Waals surface area contributed by atoms with Crippen LogP contribution in [0.15, 0.2) is 89.5 Å². The predicted molar refractivity (Wildman–Crippen MR) is 165 cm³/mol. The molecule has 0 fully saturated rings. The minimum atomic E-state index is -3.41. The molecule has 0 unspecified atom stereocenters. The molecule has 8 nitrogen and oxygen atoms in total. The van der Waals surface area contributed by atoms with E-state index in [1.54, 1.807) is 6.07 Å². The van der Waals surface area contributed by atoms with Gasteiger partial charge in [-0.05, 0) is 82.8 Å². The van der Waals surface area contributed by atoms with Crippen molar-refractivity contribution in [2.45, 2.75) is 26.9 Å². The fourth-order valence-corrected chi connectivity index (χ4v) is 6.33. The third kappa shape index (κ3) is 4.61. The lowest BCUT2D eigenvalue weighted by molar-refractivity contribution is 0.307. The third-order valence-electron chi connectivity index (χ3n) is 7.49. The van der Waals surface area contributed by atoms with Gasteiger partial charge in [-0.2, -0.15) is 5.10 Å². The van der Waals surface area contributed by atoms with Crippen molar-refractivity contribution in [1.82, 2.24) is 14.8 Å². The zero-order valence-corrected chi connectivity index (χ0v) is 24.2. The molecule has 210 valence electrons. The molecule has 1 aliphatic rings. The average Bonchev–Trinajstić information content (AvgIpc) is 3.50. The van der Waals surface area contributed by atoms with E-state index in [2.05, 4.69) is 34.8 Å². The summed E-state index contributed by atoms with van der Waals surface area (Å²) in [7, 11) is -3.41.